The highest BCUT2D eigenvalue weighted by atomic mass is 19.1. The lowest BCUT2D eigenvalue weighted by Gasteiger charge is -2.08. The lowest BCUT2D eigenvalue weighted by atomic mass is 10.1. The topological polar surface area (TPSA) is 54.0 Å². The molecule has 2 rings (SSSR count). The van der Waals surface area contributed by atoms with Crippen molar-refractivity contribution >= 4 is 17.3 Å². The van der Waals surface area contributed by atoms with Crippen molar-refractivity contribution in [1.82, 2.24) is 4.98 Å². The van der Waals surface area contributed by atoms with E-state index in [1.807, 2.05) is 0 Å². The van der Waals surface area contributed by atoms with Gasteiger partial charge in [0.2, 0.25) is 0 Å². The molecule has 1 aromatic carbocycles. The fourth-order valence-corrected chi connectivity index (χ4v) is 1.77. The van der Waals surface area contributed by atoms with E-state index in [0.29, 0.717) is 5.69 Å². The molecule has 0 unspecified atom stereocenters. The number of nitrogens with zero attached hydrogens (tertiary/aromatic N) is 1. The first-order chi connectivity index (χ1) is 9.51. The van der Waals surface area contributed by atoms with Gasteiger partial charge in [-0.1, -0.05) is 0 Å². The number of nitrogens with one attached hydrogen (secondary N) is 2. The van der Waals surface area contributed by atoms with E-state index in [1.54, 1.807) is 19.1 Å². The monoisotopic (exact) mass is 277 g/mol. The molecule has 20 heavy (non-hydrogen) atoms. The molecule has 2 N–H and O–H groups in total. The van der Waals surface area contributed by atoms with Crippen LogP contribution in [0.5, 0.6) is 0 Å². The third-order valence-electron chi connectivity index (χ3n) is 2.71. The maximum atomic E-state index is 13.6. The van der Waals surface area contributed by atoms with E-state index in [4.69, 9.17) is 0 Å². The number of hydrogen-bond donors (Lipinski definition) is 2. The molecule has 2 aromatic rings. The van der Waals surface area contributed by atoms with E-state index in [1.165, 1.54) is 13.2 Å². The second kappa shape index (κ2) is 5.64. The van der Waals surface area contributed by atoms with Crippen LogP contribution in [0.1, 0.15) is 16.1 Å². The van der Waals surface area contributed by atoms with Crippen LogP contribution in [0.25, 0.3) is 0 Å². The van der Waals surface area contributed by atoms with Crippen molar-refractivity contribution in [2.24, 2.45) is 0 Å². The number of rotatable bonds is 3. The highest BCUT2D eigenvalue weighted by Gasteiger charge is 2.14. The average molecular weight is 277 g/mol. The van der Waals surface area contributed by atoms with Gasteiger partial charge in [0.1, 0.15) is 17.3 Å². The minimum Gasteiger partial charge on any atom is -0.383 e. The van der Waals surface area contributed by atoms with Crippen LogP contribution in [0, 0.1) is 18.6 Å². The number of amides is 1. The molecule has 104 valence electrons. The molecule has 0 aliphatic carbocycles. The number of anilines is 2. The van der Waals surface area contributed by atoms with Gasteiger partial charge in [0.05, 0.1) is 0 Å². The summed E-state index contributed by atoms with van der Waals surface area (Å²) < 4.78 is 27.2. The van der Waals surface area contributed by atoms with Gasteiger partial charge in [-0.2, -0.15) is 0 Å². The summed E-state index contributed by atoms with van der Waals surface area (Å²) in [5.74, 6) is -2.22. The summed E-state index contributed by atoms with van der Waals surface area (Å²) in [6, 6.07) is 5.22. The van der Waals surface area contributed by atoms with Crippen molar-refractivity contribution in [3.8, 4) is 0 Å². The average Bonchev–Trinajstić information content (AvgIpc) is 2.38. The smallest absolute Gasteiger partial charge is 0.255 e. The van der Waals surface area contributed by atoms with E-state index in [0.717, 1.165) is 17.8 Å². The Morgan fingerprint density at radius 3 is 2.40 bits per heavy atom. The fourth-order valence-electron chi connectivity index (χ4n) is 1.77. The number of hydrogen-bond acceptors (Lipinski definition) is 3. The number of aromatic nitrogens is 1. The van der Waals surface area contributed by atoms with Crippen molar-refractivity contribution < 1.29 is 13.6 Å². The molecular formula is C14H13F2N3O. The number of benzene rings is 1. The molecule has 0 fully saturated rings. The zero-order valence-corrected chi connectivity index (χ0v) is 11.0. The van der Waals surface area contributed by atoms with Gasteiger partial charge in [0.15, 0.2) is 0 Å². The lowest BCUT2D eigenvalue weighted by Crippen LogP contribution is -2.13. The van der Waals surface area contributed by atoms with Crippen molar-refractivity contribution in [1.29, 1.82) is 0 Å². The van der Waals surface area contributed by atoms with Crippen LogP contribution < -0.4 is 10.6 Å². The van der Waals surface area contributed by atoms with Gasteiger partial charge in [-0.25, -0.2) is 8.78 Å². The van der Waals surface area contributed by atoms with Crippen LogP contribution in [-0.4, -0.2) is 17.9 Å². The van der Waals surface area contributed by atoms with Gasteiger partial charge in [0.25, 0.3) is 5.91 Å². The zero-order chi connectivity index (χ0) is 14.7. The van der Waals surface area contributed by atoms with E-state index in [2.05, 4.69) is 15.6 Å². The Morgan fingerprint density at radius 1 is 1.20 bits per heavy atom. The Balaban J connectivity index is 2.26. The molecule has 0 saturated carbocycles. The Hall–Kier alpha value is -2.50. The SMILES string of the molecule is CNc1c(F)cc(C(=O)Nc2ccnc(C)c2)cc1F. The molecule has 6 heteroatoms. The van der Waals surface area contributed by atoms with Crippen molar-refractivity contribution in [3.63, 3.8) is 0 Å². The number of aryl methyl sites for hydroxylation is 1. The molecule has 0 atom stereocenters. The Kier molecular flexibility index (Phi) is 3.93. The minimum atomic E-state index is -0.816. The Bertz CT molecular complexity index is 636. The summed E-state index contributed by atoms with van der Waals surface area (Å²) in [7, 11) is 1.40. The first kappa shape index (κ1) is 13.9. The van der Waals surface area contributed by atoms with Crippen LogP contribution in [0.3, 0.4) is 0 Å². The van der Waals surface area contributed by atoms with Crippen molar-refractivity contribution in [3.05, 3.63) is 53.4 Å². The standard InChI is InChI=1S/C14H13F2N3O/c1-8-5-10(3-4-18-8)19-14(20)9-6-11(15)13(17-2)12(16)7-9/h3-7,17H,1-2H3,(H,18,19,20). The molecule has 0 spiro atoms. The fraction of sp³-hybridized carbons (Fsp3) is 0.143. The van der Waals surface area contributed by atoms with Gasteiger partial charge >= 0.3 is 0 Å². The second-order valence-corrected chi connectivity index (χ2v) is 4.20. The summed E-state index contributed by atoms with van der Waals surface area (Å²) in [4.78, 5) is 15.9. The summed E-state index contributed by atoms with van der Waals surface area (Å²) in [6.07, 6.45) is 1.54. The predicted molar refractivity (Wildman–Crippen MR) is 72.8 cm³/mol. The van der Waals surface area contributed by atoms with Gasteiger partial charge in [-0.3, -0.25) is 9.78 Å². The lowest BCUT2D eigenvalue weighted by molar-refractivity contribution is 0.102. The number of pyridine rings is 1. The highest BCUT2D eigenvalue weighted by Crippen LogP contribution is 2.21. The second-order valence-electron chi connectivity index (χ2n) is 4.20. The maximum Gasteiger partial charge on any atom is 0.255 e. The number of carbonyl (C=O) groups excluding carboxylic acids is 1. The summed E-state index contributed by atoms with van der Waals surface area (Å²) >= 11 is 0. The summed E-state index contributed by atoms with van der Waals surface area (Å²) in [5.41, 5.74) is 0.890. The molecule has 0 saturated heterocycles. The zero-order valence-electron chi connectivity index (χ0n) is 11.0. The maximum absolute atomic E-state index is 13.6. The van der Waals surface area contributed by atoms with Gasteiger partial charge < -0.3 is 10.6 Å². The predicted octanol–water partition coefficient (Wildman–Crippen LogP) is 2.96. The molecular weight excluding hydrogens is 264 g/mol. The molecule has 1 amide bonds. The first-order valence-electron chi connectivity index (χ1n) is 5.92. The van der Waals surface area contributed by atoms with Crippen LogP contribution >= 0.6 is 0 Å². The Labute approximate surface area is 114 Å². The Morgan fingerprint density at radius 2 is 1.85 bits per heavy atom. The van der Waals surface area contributed by atoms with E-state index >= 15 is 0 Å². The molecule has 0 bridgehead atoms. The molecule has 1 heterocycles. The summed E-state index contributed by atoms with van der Waals surface area (Å²) in [5, 5.41) is 4.96. The van der Waals surface area contributed by atoms with Crippen LogP contribution in [0.2, 0.25) is 0 Å². The highest BCUT2D eigenvalue weighted by molar-refractivity contribution is 6.04. The quantitative estimate of drug-likeness (QED) is 0.907. The molecule has 1 aromatic heterocycles. The van der Waals surface area contributed by atoms with E-state index < -0.39 is 17.5 Å². The van der Waals surface area contributed by atoms with Crippen molar-refractivity contribution in [2.75, 3.05) is 17.7 Å². The third-order valence-corrected chi connectivity index (χ3v) is 2.71. The third kappa shape index (κ3) is 2.90. The number of halogens is 2. The van der Waals surface area contributed by atoms with E-state index in [9.17, 15) is 13.6 Å². The van der Waals surface area contributed by atoms with Crippen LogP contribution in [-0.2, 0) is 0 Å². The summed E-state index contributed by atoms with van der Waals surface area (Å²) in [6.45, 7) is 1.77. The van der Waals surface area contributed by atoms with Gasteiger partial charge in [-0.15, -0.1) is 0 Å². The normalized spacial score (nSPS) is 10.2. The molecule has 0 radical (unpaired) electrons. The van der Waals surface area contributed by atoms with Crippen LogP contribution in [0.4, 0.5) is 20.2 Å². The first-order valence-corrected chi connectivity index (χ1v) is 5.92. The molecule has 0 aliphatic rings. The number of carbonyl (C=O) groups is 1. The largest absolute Gasteiger partial charge is 0.383 e. The molecule has 0 aliphatic heterocycles. The van der Waals surface area contributed by atoms with Crippen LogP contribution in [0.15, 0.2) is 30.5 Å². The van der Waals surface area contributed by atoms with Gasteiger partial charge in [0, 0.05) is 30.2 Å². The van der Waals surface area contributed by atoms with Crippen molar-refractivity contribution in [2.45, 2.75) is 6.92 Å². The minimum absolute atomic E-state index is 0.0894. The molecule has 4 nitrogen and oxygen atoms in total. The van der Waals surface area contributed by atoms with E-state index in [-0.39, 0.29) is 11.3 Å². The van der Waals surface area contributed by atoms with Gasteiger partial charge in [-0.05, 0) is 31.2 Å².